The predicted molar refractivity (Wildman–Crippen MR) is 106 cm³/mol. The Morgan fingerprint density at radius 2 is 1.90 bits per heavy atom. The molecule has 1 aliphatic heterocycles. The van der Waals surface area contributed by atoms with Crippen molar-refractivity contribution in [2.45, 2.75) is 32.5 Å². The van der Waals surface area contributed by atoms with Gasteiger partial charge in [0.1, 0.15) is 11.5 Å². The molecule has 1 saturated heterocycles. The number of amides is 1. The van der Waals surface area contributed by atoms with Gasteiger partial charge in [-0.2, -0.15) is 9.78 Å². The molecule has 29 heavy (non-hydrogen) atoms. The molecule has 0 bridgehead atoms. The summed E-state index contributed by atoms with van der Waals surface area (Å²) in [6.07, 6.45) is 3.14. The monoisotopic (exact) mass is 439 g/mol. The highest BCUT2D eigenvalue weighted by atomic mass is 35.5. The van der Waals surface area contributed by atoms with Crippen LogP contribution in [0.25, 0.3) is 0 Å². The highest BCUT2D eigenvalue weighted by Crippen LogP contribution is 2.40. The number of hydrogen-bond acceptors (Lipinski definition) is 4. The number of benzene rings is 1. The molecule has 1 saturated carbocycles. The summed E-state index contributed by atoms with van der Waals surface area (Å²) in [5.74, 6) is 0.0383. The zero-order valence-electron chi connectivity index (χ0n) is 15.8. The first-order valence-corrected chi connectivity index (χ1v) is 10.2. The van der Waals surface area contributed by atoms with Crippen LogP contribution >= 0.6 is 23.2 Å². The number of ketones is 1. The summed E-state index contributed by atoms with van der Waals surface area (Å²) in [6, 6.07) is 4.11. The number of fused-ring (bicyclic) bond motifs is 1. The van der Waals surface area contributed by atoms with E-state index < -0.39 is 0 Å². The zero-order valence-corrected chi connectivity index (χ0v) is 17.3. The molecule has 3 atom stereocenters. The van der Waals surface area contributed by atoms with Crippen LogP contribution in [-0.4, -0.2) is 45.7 Å². The van der Waals surface area contributed by atoms with Gasteiger partial charge in [0.05, 0.1) is 23.9 Å². The number of hydrogen-bond donors (Lipinski definition) is 0. The molecule has 2 heterocycles. The van der Waals surface area contributed by atoms with Gasteiger partial charge < -0.3 is 9.64 Å². The third-order valence-corrected chi connectivity index (χ3v) is 6.08. The molecule has 1 aromatic carbocycles. The quantitative estimate of drug-likeness (QED) is 0.661. The molecule has 2 aliphatic rings. The van der Waals surface area contributed by atoms with Crippen molar-refractivity contribution in [3.8, 4) is 0 Å². The summed E-state index contributed by atoms with van der Waals surface area (Å²) in [4.78, 5) is 25.9. The average molecular weight is 440 g/mol. The van der Waals surface area contributed by atoms with Crippen molar-refractivity contribution in [3.63, 3.8) is 0 Å². The molecule has 4 rings (SSSR count). The summed E-state index contributed by atoms with van der Waals surface area (Å²) in [5.41, 5.74) is 0.811. The van der Waals surface area contributed by atoms with E-state index in [0.717, 1.165) is 17.5 Å². The Morgan fingerprint density at radius 1 is 1.21 bits per heavy atom. The molecule has 6 nitrogen and oxygen atoms in total. The van der Waals surface area contributed by atoms with Crippen LogP contribution in [0.2, 0.25) is 10.0 Å². The summed E-state index contributed by atoms with van der Waals surface area (Å²) in [6.45, 7) is 2.90. The van der Waals surface area contributed by atoms with Gasteiger partial charge in [0, 0.05) is 25.0 Å². The van der Waals surface area contributed by atoms with Gasteiger partial charge in [-0.25, -0.2) is 9.18 Å². The minimum atomic E-state index is -0.375. The zero-order chi connectivity index (χ0) is 20.7. The first-order chi connectivity index (χ1) is 13.8. The van der Waals surface area contributed by atoms with Crippen LogP contribution in [0, 0.1) is 17.7 Å². The molecule has 154 valence electrons. The van der Waals surface area contributed by atoms with Crippen molar-refractivity contribution in [2.24, 2.45) is 11.8 Å². The number of nitrogens with zero attached hydrogens (tertiary/aromatic N) is 3. The first-order valence-electron chi connectivity index (χ1n) is 9.42. The van der Waals surface area contributed by atoms with E-state index in [1.54, 1.807) is 11.0 Å². The van der Waals surface area contributed by atoms with Crippen molar-refractivity contribution in [1.82, 2.24) is 14.7 Å². The van der Waals surface area contributed by atoms with Gasteiger partial charge in [0.15, 0.2) is 5.78 Å². The maximum atomic E-state index is 13.4. The number of carbonyl (C=O) groups excluding carboxylic acids is 2. The average Bonchev–Trinajstić information content (AvgIpc) is 3.31. The Kier molecular flexibility index (Phi) is 5.64. The smallest absolute Gasteiger partial charge is 0.344 e. The maximum Gasteiger partial charge on any atom is 0.344 e. The number of Topliss-reactive ketones (excluding diaryl/α,β-unsaturated/α-hetero) is 1. The Labute approximate surface area is 177 Å². The number of halogens is 3. The second-order valence-electron chi connectivity index (χ2n) is 7.72. The fourth-order valence-electron chi connectivity index (χ4n) is 4.28. The van der Waals surface area contributed by atoms with Crippen LogP contribution in [0.15, 0.2) is 24.4 Å². The largest absolute Gasteiger partial charge is 0.374 e. The van der Waals surface area contributed by atoms with Crippen LogP contribution in [0.3, 0.4) is 0 Å². The van der Waals surface area contributed by atoms with Crippen LogP contribution < -0.4 is 0 Å². The molecule has 1 unspecified atom stereocenters. The van der Waals surface area contributed by atoms with E-state index in [1.807, 2.05) is 0 Å². The van der Waals surface area contributed by atoms with Crippen molar-refractivity contribution in [1.29, 1.82) is 0 Å². The van der Waals surface area contributed by atoms with E-state index in [-0.39, 0.29) is 34.5 Å². The third-order valence-electron chi connectivity index (χ3n) is 5.59. The summed E-state index contributed by atoms with van der Waals surface area (Å²) in [7, 11) is 0. The van der Waals surface area contributed by atoms with Gasteiger partial charge in [0.2, 0.25) is 0 Å². The number of likely N-dealkylation sites (tertiary alicyclic amines) is 1. The molecule has 2 fully saturated rings. The maximum absolute atomic E-state index is 13.4. The molecule has 9 heteroatoms. The second-order valence-corrected chi connectivity index (χ2v) is 8.56. The Bertz CT molecular complexity index is 930. The third kappa shape index (κ3) is 4.32. The molecule has 2 aromatic rings. The van der Waals surface area contributed by atoms with Gasteiger partial charge in [-0.05, 0) is 48.4 Å². The van der Waals surface area contributed by atoms with Crippen LogP contribution in [0.1, 0.15) is 35.8 Å². The van der Waals surface area contributed by atoms with Crippen molar-refractivity contribution in [2.75, 3.05) is 13.1 Å². The van der Waals surface area contributed by atoms with E-state index in [0.29, 0.717) is 42.1 Å². The lowest BCUT2D eigenvalue weighted by Gasteiger charge is -2.19. The summed E-state index contributed by atoms with van der Waals surface area (Å²) >= 11 is 11.9. The van der Waals surface area contributed by atoms with Gasteiger partial charge in [-0.1, -0.05) is 23.2 Å². The van der Waals surface area contributed by atoms with E-state index in [2.05, 4.69) is 5.10 Å². The lowest BCUT2D eigenvalue weighted by Crippen LogP contribution is -2.34. The molecular weight excluding hydrogens is 420 g/mol. The van der Waals surface area contributed by atoms with E-state index >= 15 is 0 Å². The first kappa shape index (κ1) is 20.3. The van der Waals surface area contributed by atoms with E-state index in [9.17, 15) is 14.0 Å². The molecule has 0 spiro atoms. The van der Waals surface area contributed by atoms with Gasteiger partial charge in [-0.15, -0.1) is 0 Å². The Morgan fingerprint density at radius 3 is 2.48 bits per heavy atom. The van der Waals surface area contributed by atoms with Gasteiger partial charge in [-0.3, -0.25) is 4.79 Å². The summed E-state index contributed by atoms with van der Waals surface area (Å²) < 4.78 is 20.5. The fraction of sp³-hybridized carbons (Fsp3) is 0.450. The number of carbonyl (C=O) groups is 2. The lowest BCUT2D eigenvalue weighted by molar-refractivity contribution is 0.0382. The molecule has 1 aliphatic carbocycles. The minimum Gasteiger partial charge on any atom is -0.374 e. The van der Waals surface area contributed by atoms with Crippen molar-refractivity contribution < 1.29 is 18.7 Å². The van der Waals surface area contributed by atoms with Crippen LogP contribution in [-0.2, 0) is 11.3 Å². The second kappa shape index (κ2) is 8.05. The van der Waals surface area contributed by atoms with Gasteiger partial charge >= 0.3 is 6.03 Å². The van der Waals surface area contributed by atoms with Crippen molar-refractivity contribution >= 4 is 35.0 Å². The highest BCUT2D eigenvalue weighted by molar-refractivity contribution is 6.33. The van der Waals surface area contributed by atoms with Crippen LogP contribution in [0.4, 0.5) is 9.18 Å². The van der Waals surface area contributed by atoms with Crippen LogP contribution in [0.5, 0.6) is 0 Å². The number of ether oxygens (including phenoxy) is 1. The Hall–Kier alpha value is -1.96. The molecule has 1 aromatic heterocycles. The molecule has 0 N–H and O–H groups in total. The van der Waals surface area contributed by atoms with E-state index in [1.165, 1.54) is 25.3 Å². The molecule has 0 radical (unpaired) electrons. The van der Waals surface area contributed by atoms with Crippen molar-refractivity contribution in [3.05, 3.63) is 51.5 Å². The fourth-order valence-corrected chi connectivity index (χ4v) is 4.79. The lowest BCUT2D eigenvalue weighted by atomic mass is 10.0. The number of rotatable bonds is 4. The number of aromatic nitrogens is 2. The summed E-state index contributed by atoms with van der Waals surface area (Å²) in [5, 5.41) is 4.55. The topological polar surface area (TPSA) is 64.4 Å². The van der Waals surface area contributed by atoms with E-state index in [4.69, 9.17) is 27.9 Å². The SMILES string of the molecule is CC(=O)c1nn(C(=O)N2C[C@H]3CC(OCc4cc(F)cc(Cl)c4)C[C@H]3C2)cc1Cl. The minimum absolute atomic E-state index is 0.0766. The molecular formula is C20H20Cl2FN3O3. The van der Waals surface area contributed by atoms with Gasteiger partial charge in [0.25, 0.3) is 0 Å². The predicted octanol–water partition coefficient (Wildman–Crippen LogP) is 4.43. The Balaban J connectivity index is 1.32. The normalized spacial score (nSPS) is 23.4. The highest BCUT2D eigenvalue weighted by Gasteiger charge is 2.43. The molecule has 1 amide bonds. The standard InChI is InChI=1S/C20H20Cl2FN3O3/c1-11(27)19-18(22)9-26(24-19)20(28)25-7-13-4-17(5-14(13)8-25)29-10-12-2-15(21)6-16(23)3-12/h2-3,6,9,13-14,17H,4-5,7-8,10H2,1H3/t13-,14+,17?.